The van der Waals surface area contributed by atoms with E-state index >= 15 is 0 Å². The molecule has 0 aromatic heterocycles. The molecule has 0 amide bonds. The summed E-state index contributed by atoms with van der Waals surface area (Å²) < 4.78 is 18.2. The zero-order chi connectivity index (χ0) is 22.9. The summed E-state index contributed by atoms with van der Waals surface area (Å²) in [4.78, 5) is 11.8. The van der Waals surface area contributed by atoms with Crippen molar-refractivity contribution >= 4 is 5.97 Å². The number of ether oxygens (including phenoxy) is 3. The first-order chi connectivity index (χ1) is 16.2. The van der Waals surface area contributed by atoms with Crippen molar-refractivity contribution in [2.75, 3.05) is 0 Å². The van der Waals surface area contributed by atoms with E-state index in [-0.39, 0.29) is 47.8 Å². The third kappa shape index (κ3) is 6.99. The molecular formula is C28H24AgO5. The van der Waals surface area contributed by atoms with Gasteiger partial charge >= 0.3 is 5.97 Å². The predicted molar refractivity (Wildman–Crippen MR) is 126 cm³/mol. The minimum Gasteiger partial charge on any atom is -0.485 e. The number of carboxylic acids is 1. The molecule has 4 aromatic carbocycles. The summed E-state index contributed by atoms with van der Waals surface area (Å²) in [6, 6.07) is 32.0. The van der Waals surface area contributed by atoms with Gasteiger partial charge in [0, 0.05) is 22.4 Å². The molecule has 1 N–H and O–H groups in total. The van der Waals surface area contributed by atoms with E-state index in [0.717, 1.165) is 16.7 Å². The Balaban J connectivity index is 0.00000324. The third-order valence-electron chi connectivity index (χ3n) is 4.97. The molecule has 0 aliphatic carbocycles. The van der Waals surface area contributed by atoms with Gasteiger partial charge in [0.25, 0.3) is 0 Å². The van der Waals surface area contributed by atoms with Gasteiger partial charge in [-0.3, -0.25) is 0 Å². The molecule has 0 atom stereocenters. The van der Waals surface area contributed by atoms with Crippen molar-refractivity contribution in [3.8, 4) is 17.2 Å². The van der Waals surface area contributed by atoms with Crippen LogP contribution in [0.25, 0.3) is 0 Å². The Kier molecular flexibility index (Phi) is 9.35. The zero-order valence-corrected chi connectivity index (χ0v) is 19.8. The molecule has 5 nitrogen and oxygen atoms in total. The molecule has 4 aromatic rings. The first-order valence-electron chi connectivity index (χ1n) is 10.6. The van der Waals surface area contributed by atoms with Gasteiger partial charge in [0.05, 0.1) is 5.56 Å². The van der Waals surface area contributed by atoms with Crippen molar-refractivity contribution in [2.45, 2.75) is 19.8 Å². The van der Waals surface area contributed by atoms with E-state index in [1.807, 2.05) is 91.0 Å². The first kappa shape index (κ1) is 25.1. The summed E-state index contributed by atoms with van der Waals surface area (Å²) in [6.07, 6.45) is 0. The minimum atomic E-state index is -1.07. The van der Waals surface area contributed by atoms with Crippen LogP contribution in [-0.4, -0.2) is 11.1 Å². The summed E-state index contributed by atoms with van der Waals surface area (Å²) in [5.41, 5.74) is 2.95. The summed E-state index contributed by atoms with van der Waals surface area (Å²) in [5.74, 6) is -0.0649. The predicted octanol–water partition coefficient (Wildman–Crippen LogP) is 6.12. The average Bonchev–Trinajstić information content (AvgIpc) is 2.87. The zero-order valence-electron chi connectivity index (χ0n) is 18.3. The summed E-state index contributed by atoms with van der Waals surface area (Å²) in [7, 11) is 0. The van der Waals surface area contributed by atoms with Gasteiger partial charge in [0.2, 0.25) is 5.75 Å². The Hall–Kier alpha value is -3.51. The van der Waals surface area contributed by atoms with Crippen molar-refractivity contribution in [1.29, 1.82) is 0 Å². The van der Waals surface area contributed by atoms with Crippen LogP contribution in [0.3, 0.4) is 0 Å². The van der Waals surface area contributed by atoms with E-state index in [0.29, 0.717) is 17.2 Å². The molecule has 0 aliphatic heterocycles. The number of hydrogen-bond donors (Lipinski definition) is 1. The van der Waals surface area contributed by atoms with Crippen LogP contribution < -0.4 is 14.2 Å². The molecular weight excluding hydrogens is 524 g/mol. The number of rotatable bonds is 10. The topological polar surface area (TPSA) is 65.0 Å². The standard InChI is InChI=1S/C28H24O5.Ag/c29-28(30)24-16-25(31-18-21-10-4-1-5-11-21)27(33-20-23-14-8-3-9-15-23)26(17-24)32-19-22-12-6-2-7-13-22;/h1-17H,18-20H2,(H,29,30);. The maximum absolute atomic E-state index is 11.8. The fourth-order valence-corrected chi connectivity index (χ4v) is 3.26. The van der Waals surface area contributed by atoms with E-state index in [4.69, 9.17) is 14.2 Å². The fraction of sp³-hybridized carbons (Fsp3) is 0.107. The van der Waals surface area contributed by atoms with E-state index in [2.05, 4.69) is 0 Å². The Morgan fingerprint density at radius 1 is 0.588 bits per heavy atom. The SMILES string of the molecule is O=C(O)c1cc(OCc2ccccc2)c(OCc2ccccc2)c(OCc2ccccc2)c1.[Ag]. The van der Waals surface area contributed by atoms with Gasteiger partial charge in [-0.05, 0) is 28.8 Å². The maximum atomic E-state index is 11.8. The quantitative estimate of drug-likeness (QED) is 0.242. The summed E-state index contributed by atoms with van der Waals surface area (Å²) in [6.45, 7) is 0.824. The van der Waals surface area contributed by atoms with Crippen molar-refractivity contribution in [3.05, 3.63) is 125 Å². The molecule has 4 rings (SSSR count). The Bertz CT molecular complexity index is 1120. The van der Waals surface area contributed by atoms with E-state index in [1.54, 1.807) is 0 Å². The van der Waals surface area contributed by atoms with Gasteiger partial charge in [-0.1, -0.05) is 91.0 Å². The molecule has 0 bridgehead atoms. The van der Waals surface area contributed by atoms with Crippen molar-refractivity contribution in [2.24, 2.45) is 0 Å². The van der Waals surface area contributed by atoms with Crippen molar-refractivity contribution < 1.29 is 46.5 Å². The summed E-state index contributed by atoms with van der Waals surface area (Å²) >= 11 is 0. The number of benzene rings is 4. The number of carboxylic acid groups (broad SMARTS) is 1. The second-order valence-electron chi connectivity index (χ2n) is 7.43. The van der Waals surface area contributed by atoms with E-state index in [9.17, 15) is 9.90 Å². The molecule has 34 heavy (non-hydrogen) atoms. The van der Waals surface area contributed by atoms with Gasteiger partial charge in [-0.15, -0.1) is 0 Å². The molecule has 0 unspecified atom stereocenters. The minimum absolute atomic E-state index is 0. The van der Waals surface area contributed by atoms with Crippen LogP contribution in [0, 0.1) is 0 Å². The number of hydrogen-bond acceptors (Lipinski definition) is 4. The smallest absolute Gasteiger partial charge is 0.335 e. The van der Waals surface area contributed by atoms with Crippen LogP contribution in [0.4, 0.5) is 0 Å². The number of carbonyl (C=O) groups is 1. The van der Waals surface area contributed by atoms with Crippen LogP contribution in [-0.2, 0) is 42.2 Å². The third-order valence-corrected chi connectivity index (χ3v) is 4.97. The molecule has 0 spiro atoms. The van der Waals surface area contributed by atoms with Gasteiger partial charge < -0.3 is 19.3 Å². The van der Waals surface area contributed by atoms with Crippen LogP contribution >= 0.6 is 0 Å². The Labute approximate surface area is 214 Å². The van der Waals surface area contributed by atoms with Gasteiger partial charge in [-0.2, -0.15) is 0 Å². The van der Waals surface area contributed by atoms with E-state index in [1.165, 1.54) is 12.1 Å². The average molecular weight is 548 g/mol. The normalized spacial score (nSPS) is 10.1. The van der Waals surface area contributed by atoms with Crippen molar-refractivity contribution in [3.63, 3.8) is 0 Å². The molecule has 0 saturated heterocycles. The summed E-state index contributed by atoms with van der Waals surface area (Å²) in [5, 5.41) is 9.65. The Morgan fingerprint density at radius 3 is 1.29 bits per heavy atom. The largest absolute Gasteiger partial charge is 0.485 e. The second-order valence-corrected chi connectivity index (χ2v) is 7.43. The monoisotopic (exact) mass is 547 g/mol. The van der Waals surface area contributed by atoms with Crippen molar-refractivity contribution in [1.82, 2.24) is 0 Å². The maximum Gasteiger partial charge on any atom is 0.335 e. The van der Waals surface area contributed by atoms with Gasteiger partial charge in [0.15, 0.2) is 11.5 Å². The van der Waals surface area contributed by atoms with Crippen LogP contribution in [0.2, 0.25) is 0 Å². The molecule has 0 saturated carbocycles. The van der Waals surface area contributed by atoms with Gasteiger partial charge in [-0.25, -0.2) is 4.79 Å². The van der Waals surface area contributed by atoms with Crippen LogP contribution in [0.5, 0.6) is 17.2 Å². The Morgan fingerprint density at radius 2 is 0.941 bits per heavy atom. The molecule has 177 valence electrons. The molecule has 0 aliphatic rings. The molecule has 0 fully saturated rings. The molecule has 1 radical (unpaired) electrons. The van der Waals surface area contributed by atoms with Crippen LogP contribution in [0.15, 0.2) is 103 Å². The molecule has 6 heteroatoms. The fourth-order valence-electron chi connectivity index (χ4n) is 3.26. The first-order valence-corrected chi connectivity index (χ1v) is 10.6. The second kappa shape index (κ2) is 12.7. The van der Waals surface area contributed by atoms with Crippen LogP contribution in [0.1, 0.15) is 27.0 Å². The molecule has 0 heterocycles. The van der Waals surface area contributed by atoms with Gasteiger partial charge in [0.1, 0.15) is 19.8 Å². The van der Waals surface area contributed by atoms with E-state index < -0.39 is 5.97 Å². The number of aromatic carboxylic acids is 1.